The third kappa shape index (κ3) is 4.94. The maximum absolute atomic E-state index is 14.0. The number of hydrogen-bond donors (Lipinski definition) is 1. The summed E-state index contributed by atoms with van der Waals surface area (Å²) in [7, 11) is 0. The fraction of sp³-hybridized carbons (Fsp3) is 0.391. The van der Waals surface area contributed by atoms with Crippen LogP contribution in [0.25, 0.3) is 0 Å². The zero-order chi connectivity index (χ0) is 20.8. The molecule has 1 fully saturated rings. The molecule has 1 aliphatic rings. The topological polar surface area (TPSA) is 52.7 Å². The first-order valence-corrected chi connectivity index (χ1v) is 10.2. The number of nitrogens with one attached hydrogen (secondary N) is 1. The number of anilines is 1. The van der Waals surface area contributed by atoms with Crippen LogP contribution in [0.3, 0.4) is 0 Å². The minimum atomic E-state index is -0.576. The number of carbonyl (C=O) groups is 2. The fourth-order valence-corrected chi connectivity index (χ4v) is 3.57. The van der Waals surface area contributed by atoms with Crippen LogP contribution in [0.1, 0.15) is 30.6 Å². The van der Waals surface area contributed by atoms with Gasteiger partial charge in [0.15, 0.2) is 0 Å². The van der Waals surface area contributed by atoms with Crippen LogP contribution >= 0.6 is 0 Å². The zero-order valence-corrected chi connectivity index (χ0v) is 17.0. The Morgan fingerprint density at radius 1 is 1.00 bits per heavy atom. The van der Waals surface area contributed by atoms with E-state index in [9.17, 15) is 14.0 Å². The summed E-state index contributed by atoms with van der Waals surface area (Å²) in [5.41, 5.74) is 1.11. The second-order valence-corrected chi connectivity index (χ2v) is 7.47. The van der Waals surface area contributed by atoms with Gasteiger partial charge in [0.2, 0.25) is 5.91 Å². The Morgan fingerprint density at radius 3 is 2.24 bits per heavy atom. The molecular weight excluding hydrogens is 369 g/mol. The van der Waals surface area contributed by atoms with Gasteiger partial charge in [0.05, 0.1) is 5.69 Å². The highest BCUT2D eigenvalue weighted by atomic mass is 19.1. The minimum absolute atomic E-state index is 0.0137. The van der Waals surface area contributed by atoms with Crippen molar-refractivity contribution >= 4 is 17.5 Å². The van der Waals surface area contributed by atoms with E-state index in [2.05, 4.69) is 5.32 Å². The number of piperazine rings is 1. The predicted molar refractivity (Wildman–Crippen MR) is 112 cm³/mol. The molecular formula is C23H28FN3O2. The van der Waals surface area contributed by atoms with Gasteiger partial charge in [-0.3, -0.25) is 9.59 Å². The van der Waals surface area contributed by atoms with E-state index in [0.29, 0.717) is 37.4 Å². The van der Waals surface area contributed by atoms with Gasteiger partial charge in [-0.05, 0) is 30.2 Å². The van der Waals surface area contributed by atoms with Crippen molar-refractivity contribution in [1.29, 1.82) is 0 Å². The average molecular weight is 397 g/mol. The van der Waals surface area contributed by atoms with Gasteiger partial charge < -0.3 is 15.1 Å². The smallest absolute Gasteiger partial charge is 0.251 e. The van der Waals surface area contributed by atoms with Gasteiger partial charge in [-0.1, -0.05) is 50.6 Å². The molecule has 0 bridgehead atoms. The largest absolute Gasteiger partial charge is 0.366 e. The van der Waals surface area contributed by atoms with Crippen LogP contribution in [0.4, 0.5) is 10.1 Å². The molecule has 1 heterocycles. The van der Waals surface area contributed by atoms with Gasteiger partial charge in [-0.15, -0.1) is 0 Å². The molecule has 2 aromatic carbocycles. The Hall–Kier alpha value is -2.89. The third-order valence-electron chi connectivity index (χ3n) is 5.59. The highest BCUT2D eigenvalue weighted by Gasteiger charge is 2.32. The van der Waals surface area contributed by atoms with E-state index < -0.39 is 6.04 Å². The Kier molecular flexibility index (Phi) is 6.86. The third-order valence-corrected chi connectivity index (χ3v) is 5.59. The summed E-state index contributed by atoms with van der Waals surface area (Å²) < 4.78 is 14.0. The van der Waals surface area contributed by atoms with E-state index in [4.69, 9.17) is 0 Å². The number of hydrogen-bond acceptors (Lipinski definition) is 3. The molecule has 2 amide bonds. The van der Waals surface area contributed by atoms with Crippen molar-refractivity contribution < 1.29 is 14.0 Å². The standard InChI is InChI=1S/C23H28FN3O2/c1-3-17(2)21(25-22(28)18-9-5-4-6-10-18)23(29)27-15-13-26(14-16-27)20-12-8-7-11-19(20)24/h4-12,17,21H,3,13-16H2,1-2H3,(H,25,28). The van der Waals surface area contributed by atoms with Crippen LogP contribution in [0.15, 0.2) is 54.6 Å². The minimum Gasteiger partial charge on any atom is -0.366 e. The van der Waals surface area contributed by atoms with Crippen molar-refractivity contribution in [3.63, 3.8) is 0 Å². The summed E-state index contributed by atoms with van der Waals surface area (Å²) in [5, 5.41) is 2.93. The highest BCUT2D eigenvalue weighted by molar-refractivity contribution is 5.97. The number of carbonyl (C=O) groups excluding carboxylic acids is 2. The summed E-state index contributed by atoms with van der Waals surface area (Å²) in [6.45, 7) is 6.11. The lowest BCUT2D eigenvalue weighted by molar-refractivity contribution is -0.134. The van der Waals surface area contributed by atoms with Crippen molar-refractivity contribution in [3.05, 3.63) is 66.0 Å². The van der Waals surface area contributed by atoms with E-state index in [1.54, 1.807) is 41.3 Å². The average Bonchev–Trinajstić information content (AvgIpc) is 2.77. The second-order valence-electron chi connectivity index (χ2n) is 7.47. The Bertz CT molecular complexity index is 835. The van der Waals surface area contributed by atoms with Crippen LogP contribution < -0.4 is 10.2 Å². The second kappa shape index (κ2) is 9.54. The Labute approximate surface area is 171 Å². The van der Waals surface area contributed by atoms with E-state index in [0.717, 1.165) is 6.42 Å². The van der Waals surface area contributed by atoms with E-state index in [1.807, 2.05) is 30.9 Å². The van der Waals surface area contributed by atoms with Crippen LogP contribution in [-0.2, 0) is 4.79 Å². The van der Waals surface area contributed by atoms with Gasteiger partial charge in [-0.25, -0.2) is 4.39 Å². The lowest BCUT2D eigenvalue weighted by atomic mass is 9.97. The molecule has 2 aromatic rings. The fourth-order valence-electron chi connectivity index (χ4n) is 3.57. The molecule has 2 atom stereocenters. The van der Waals surface area contributed by atoms with Crippen molar-refractivity contribution in [2.24, 2.45) is 5.92 Å². The molecule has 1 N–H and O–H groups in total. The molecule has 3 rings (SSSR count). The molecule has 0 saturated carbocycles. The van der Waals surface area contributed by atoms with Crippen molar-refractivity contribution in [3.8, 4) is 0 Å². The number of benzene rings is 2. The quantitative estimate of drug-likeness (QED) is 0.814. The Morgan fingerprint density at radius 2 is 1.62 bits per heavy atom. The number of rotatable bonds is 6. The summed E-state index contributed by atoms with van der Waals surface area (Å²) in [6, 6.07) is 15.0. The maximum atomic E-state index is 14.0. The number of para-hydroxylation sites is 1. The monoisotopic (exact) mass is 397 g/mol. The molecule has 0 aliphatic carbocycles. The van der Waals surface area contributed by atoms with E-state index >= 15 is 0 Å². The molecule has 1 saturated heterocycles. The first kappa shape index (κ1) is 20.8. The van der Waals surface area contributed by atoms with E-state index in [1.165, 1.54) is 6.07 Å². The summed E-state index contributed by atoms with van der Waals surface area (Å²) in [5.74, 6) is -0.550. The number of nitrogens with zero attached hydrogens (tertiary/aromatic N) is 2. The van der Waals surface area contributed by atoms with E-state index in [-0.39, 0.29) is 23.5 Å². The molecule has 0 radical (unpaired) electrons. The van der Waals surface area contributed by atoms with Gasteiger partial charge >= 0.3 is 0 Å². The molecule has 6 heteroatoms. The molecule has 1 aliphatic heterocycles. The molecule has 5 nitrogen and oxygen atoms in total. The Balaban J connectivity index is 1.66. The predicted octanol–water partition coefficient (Wildman–Crippen LogP) is 3.32. The highest BCUT2D eigenvalue weighted by Crippen LogP contribution is 2.21. The molecule has 0 aromatic heterocycles. The van der Waals surface area contributed by atoms with Crippen molar-refractivity contribution in [1.82, 2.24) is 10.2 Å². The van der Waals surface area contributed by atoms with Crippen molar-refractivity contribution in [2.75, 3.05) is 31.1 Å². The molecule has 2 unspecified atom stereocenters. The summed E-state index contributed by atoms with van der Waals surface area (Å²) >= 11 is 0. The van der Waals surface area contributed by atoms with Crippen LogP contribution in [0, 0.1) is 11.7 Å². The SMILES string of the molecule is CCC(C)C(NC(=O)c1ccccc1)C(=O)N1CCN(c2ccccc2F)CC1. The first-order valence-electron chi connectivity index (χ1n) is 10.2. The molecule has 0 spiro atoms. The summed E-state index contributed by atoms with van der Waals surface area (Å²) in [6.07, 6.45) is 0.778. The number of amides is 2. The molecule has 29 heavy (non-hydrogen) atoms. The lowest BCUT2D eigenvalue weighted by Gasteiger charge is -2.38. The first-order chi connectivity index (χ1) is 14.0. The summed E-state index contributed by atoms with van der Waals surface area (Å²) in [4.78, 5) is 29.5. The van der Waals surface area contributed by atoms with Gasteiger partial charge in [0, 0.05) is 31.7 Å². The molecule has 154 valence electrons. The maximum Gasteiger partial charge on any atom is 0.251 e. The van der Waals surface area contributed by atoms with Gasteiger partial charge in [-0.2, -0.15) is 0 Å². The van der Waals surface area contributed by atoms with Crippen LogP contribution in [0.5, 0.6) is 0 Å². The van der Waals surface area contributed by atoms with Crippen molar-refractivity contribution in [2.45, 2.75) is 26.3 Å². The lowest BCUT2D eigenvalue weighted by Crippen LogP contribution is -2.56. The van der Waals surface area contributed by atoms with Crippen LogP contribution in [0.2, 0.25) is 0 Å². The van der Waals surface area contributed by atoms with Gasteiger partial charge in [0.25, 0.3) is 5.91 Å². The van der Waals surface area contributed by atoms with Crippen LogP contribution in [-0.4, -0.2) is 48.9 Å². The van der Waals surface area contributed by atoms with Gasteiger partial charge in [0.1, 0.15) is 11.9 Å². The normalized spacial score (nSPS) is 16.2. The number of halogens is 1. The zero-order valence-electron chi connectivity index (χ0n) is 17.0.